The Balaban J connectivity index is 1.65. The first-order valence-corrected chi connectivity index (χ1v) is 10.2. The largest absolute Gasteiger partial charge is 0.480 e. The molecule has 0 spiro atoms. The molecule has 0 unspecified atom stereocenters. The Morgan fingerprint density at radius 2 is 1.97 bits per heavy atom. The summed E-state index contributed by atoms with van der Waals surface area (Å²) in [6, 6.07) is 17.1. The number of ether oxygens (including phenoxy) is 1. The summed E-state index contributed by atoms with van der Waals surface area (Å²) in [7, 11) is 3.08. The highest BCUT2D eigenvalue weighted by Gasteiger charge is 2.15. The zero-order valence-corrected chi connectivity index (χ0v) is 18.2. The summed E-state index contributed by atoms with van der Waals surface area (Å²) in [5.74, 6) is 6.29. The van der Waals surface area contributed by atoms with E-state index in [0.29, 0.717) is 23.7 Å². The van der Waals surface area contributed by atoms with Gasteiger partial charge in [-0.25, -0.2) is 15.9 Å². The number of pyridine rings is 1. The van der Waals surface area contributed by atoms with Gasteiger partial charge in [0.25, 0.3) is 5.91 Å². The van der Waals surface area contributed by atoms with Crippen LogP contribution in [-0.2, 0) is 6.54 Å². The van der Waals surface area contributed by atoms with Crippen LogP contribution in [0.3, 0.4) is 0 Å². The van der Waals surface area contributed by atoms with E-state index in [-0.39, 0.29) is 11.7 Å². The van der Waals surface area contributed by atoms with E-state index < -0.39 is 0 Å². The number of amides is 1. The smallest absolute Gasteiger partial charge is 0.272 e. The number of hydrogen-bond donors (Lipinski definition) is 4. The Bertz CT molecular complexity index is 1320. The lowest BCUT2D eigenvalue weighted by atomic mass is 10.0. The fourth-order valence-corrected chi connectivity index (χ4v) is 3.44. The van der Waals surface area contributed by atoms with Crippen molar-refractivity contribution in [1.29, 1.82) is 0 Å². The van der Waals surface area contributed by atoms with Crippen LogP contribution in [0.2, 0.25) is 0 Å². The van der Waals surface area contributed by atoms with E-state index in [1.165, 1.54) is 12.2 Å². The van der Waals surface area contributed by atoms with Crippen molar-refractivity contribution in [2.45, 2.75) is 6.54 Å². The number of aromatic nitrogens is 3. The molecule has 2 aromatic carbocycles. The van der Waals surface area contributed by atoms with Gasteiger partial charge in [0.2, 0.25) is 5.88 Å². The predicted octanol–water partition coefficient (Wildman–Crippen LogP) is 1.99. The second kappa shape index (κ2) is 9.37. The number of H-pyrrole nitrogens is 1. The number of aromatic amines is 1. The lowest BCUT2D eigenvalue weighted by Crippen LogP contribution is -2.29. The lowest BCUT2D eigenvalue weighted by Gasteiger charge is -2.15. The van der Waals surface area contributed by atoms with Crippen LogP contribution in [0, 0.1) is 0 Å². The van der Waals surface area contributed by atoms with Crippen molar-refractivity contribution in [3.8, 4) is 17.0 Å². The topological polar surface area (TPSA) is 148 Å². The number of benzene rings is 2. The predicted molar refractivity (Wildman–Crippen MR) is 126 cm³/mol. The summed E-state index contributed by atoms with van der Waals surface area (Å²) >= 11 is 0. The SMILES string of the molecule is CNC(=O)c1n[nH]c2cc(-c3cnc(OC)c(/C(N)=N/N(N)Cc4ccccc4)c3)ccc12. The monoisotopic (exact) mass is 444 g/mol. The molecule has 1 amide bonds. The normalized spacial score (nSPS) is 11.4. The number of methoxy groups -OCH3 is 1. The van der Waals surface area contributed by atoms with Gasteiger partial charge < -0.3 is 15.8 Å². The molecule has 0 saturated carbocycles. The number of hydrazine groups is 1. The molecule has 0 radical (unpaired) electrons. The molecule has 0 aliphatic carbocycles. The molecule has 10 heteroatoms. The van der Waals surface area contributed by atoms with E-state index in [4.69, 9.17) is 16.3 Å². The Morgan fingerprint density at radius 1 is 1.18 bits per heavy atom. The molecule has 0 fully saturated rings. The average Bonchev–Trinajstić information content (AvgIpc) is 3.27. The summed E-state index contributed by atoms with van der Waals surface area (Å²) in [4.78, 5) is 16.4. The number of amidine groups is 1. The zero-order chi connectivity index (χ0) is 23.4. The minimum absolute atomic E-state index is 0.171. The van der Waals surface area contributed by atoms with Crippen molar-refractivity contribution in [1.82, 2.24) is 25.6 Å². The molecular formula is C23H24N8O2. The number of nitrogens with two attached hydrogens (primary N) is 2. The van der Waals surface area contributed by atoms with Crippen molar-refractivity contribution in [2.75, 3.05) is 14.2 Å². The van der Waals surface area contributed by atoms with Crippen molar-refractivity contribution in [3.05, 3.63) is 77.6 Å². The Morgan fingerprint density at radius 3 is 2.70 bits per heavy atom. The van der Waals surface area contributed by atoms with Crippen molar-refractivity contribution in [3.63, 3.8) is 0 Å². The number of hydrazone groups is 1. The Hall–Kier alpha value is -4.44. The highest BCUT2D eigenvalue weighted by Crippen LogP contribution is 2.28. The van der Waals surface area contributed by atoms with Gasteiger partial charge in [0.05, 0.1) is 24.7 Å². The Kier molecular flexibility index (Phi) is 6.18. The number of fused-ring (bicyclic) bond motifs is 1. The van der Waals surface area contributed by atoms with Gasteiger partial charge in [-0.1, -0.05) is 36.4 Å². The molecule has 6 N–H and O–H groups in total. The maximum absolute atomic E-state index is 12.0. The van der Waals surface area contributed by atoms with Crippen LogP contribution in [0.5, 0.6) is 5.88 Å². The molecular weight excluding hydrogens is 420 g/mol. The molecule has 10 nitrogen and oxygen atoms in total. The first kappa shape index (κ1) is 21.8. The summed E-state index contributed by atoms with van der Waals surface area (Å²) in [5, 5.41) is 15.9. The molecule has 2 heterocycles. The molecule has 0 aliphatic rings. The lowest BCUT2D eigenvalue weighted by molar-refractivity contribution is 0.0959. The van der Waals surface area contributed by atoms with Gasteiger partial charge in [0.1, 0.15) is 0 Å². The van der Waals surface area contributed by atoms with Gasteiger partial charge >= 0.3 is 0 Å². The molecule has 168 valence electrons. The van der Waals surface area contributed by atoms with Gasteiger partial charge in [-0.15, -0.1) is 5.10 Å². The van der Waals surface area contributed by atoms with Crippen LogP contribution < -0.4 is 21.6 Å². The molecule has 0 atom stereocenters. The van der Waals surface area contributed by atoms with Gasteiger partial charge in [-0.05, 0) is 29.3 Å². The third-order valence-corrected chi connectivity index (χ3v) is 5.08. The third kappa shape index (κ3) is 4.60. The van der Waals surface area contributed by atoms with E-state index in [9.17, 15) is 4.79 Å². The van der Waals surface area contributed by atoms with Gasteiger partial charge in [0, 0.05) is 24.2 Å². The second-order valence-electron chi connectivity index (χ2n) is 7.26. The fourth-order valence-electron chi connectivity index (χ4n) is 3.44. The maximum Gasteiger partial charge on any atom is 0.272 e. The van der Waals surface area contributed by atoms with E-state index >= 15 is 0 Å². The number of rotatable bonds is 7. The zero-order valence-electron chi connectivity index (χ0n) is 18.2. The van der Waals surface area contributed by atoms with Crippen molar-refractivity contribution in [2.24, 2.45) is 16.7 Å². The van der Waals surface area contributed by atoms with Crippen LogP contribution in [0.25, 0.3) is 22.0 Å². The van der Waals surface area contributed by atoms with E-state index in [1.54, 1.807) is 13.2 Å². The second-order valence-corrected chi connectivity index (χ2v) is 7.26. The number of nitrogens with one attached hydrogen (secondary N) is 2. The minimum atomic E-state index is -0.256. The van der Waals surface area contributed by atoms with Crippen LogP contribution in [0.15, 0.2) is 65.9 Å². The Labute approximate surface area is 190 Å². The molecule has 0 saturated heterocycles. The number of carbonyl (C=O) groups is 1. The van der Waals surface area contributed by atoms with E-state index in [2.05, 4.69) is 25.6 Å². The first-order valence-electron chi connectivity index (χ1n) is 10.2. The molecule has 33 heavy (non-hydrogen) atoms. The van der Waals surface area contributed by atoms with Crippen LogP contribution in [0.1, 0.15) is 21.6 Å². The minimum Gasteiger partial charge on any atom is -0.480 e. The number of nitrogens with zero attached hydrogens (tertiary/aromatic N) is 4. The van der Waals surface area contributed by atoms with Crippen molar-refractivity contribution >= 4 is 22.6 Å². The molecule has 0 aliphatic heterocycles. The first-order chi connectivity index (χ1) is 16.0. The van der Waals surface area contributed by atoms with Gasteiger partial charge in [-0.3, -0.25) is 9.89 Å². The molecule has 4 aromatic rings. The van der Waals surface area contributed by atoms with Crippen LogP contribution in [-0.4, -0.2) is 46.2 Å². The van der Waals surface area contributed by atoms with Crippen LogP contribution >= 0.6 is 0 Å². The maximum atomic E-state index is 12.0. The highest BCUT2D eigenvalue weighted by atomic mass is 16.5. The summed E-state index contributed by atoms with van der Waals surface area (Å²) in [5.41, 5.74) is 10.5. The highest BCUT2D eigenvalue weighted by molar-refractivity contribution is 6.05. The molecule has 2 aromatic heterocycles. The van der Waals surface area contributed by atoms with Crippen molar-refractivity contribution < 1.29 is 9.53 Å². The summed E-state index contributed by atoms with van der Waals surface area (Å²) < 4.78 is 5.38. The summed E-state index contributed by atoms with van der Waals surface area (Å²) in [6.45, 7) is 0.390. The summed E-state index contributed by atoms with van der Waals surface area (Å²) in [6.07, 6.45) is 1.68. The average molecular weight is 444 g/mol. The van der Waals surface area contributed by atoms with Gasteiger partial charge in [0.15, 0.2) is 11.5 Å². The van der Waals surface area contributed by atoms with E-state index in [1.807, 2.05) is 54.6 Å². The van der Waals surface area contributed by atoms with E-state index in [0.717, 1.165) is 27.6 Å². The number of carbonyl (C=O) groups excluding carboxylic acids is 1. The molecule has 0 bridgehead atoms. The fraction of sp³-hybridized carbons (Fsp3) is 0.130. The van der Waals surface area contributed by atoms with Gasteiger partial charge in [-0.2, -0.15) is 5.10 Å². The van der Waals surface area contributed by atoms with Crippen LogP contribution in [0.4, 0.5) is 0 Å². The quantitative estimate of drug-likeness (QED) is 0.147. The molecule has 4 rings (SSSR count). The number of hydrogen-bond acceptors (Lipinski definition) is 7. The third-order valence-electron chi connectivity index (χ3n) is 5.08. The standard InChI is InChI=1S/C23H24N8O2/c1-26-22(32)20-17-9-8-15(11-19(17)28-29-20)16-10-18(23(33-2)27-12-16)21(24)30-31(25)13-14-6-4-3-5-7-14/h3-12H,13,25H2,1-2H3,(H2,24,30)(H,26,32)(H,28,29).